The van der Waals surface area contributed by atoms with Gasteiger partial charge in [0, 0.05) is 16.3 Å². The highest BCUT2D eigenvalue weighted by Gasteiger charge is 2.22. The Labute approximate surface area is 130 Å². The molecule has 0 saturated heterocycles. The Morgan fingerprint density at radius 2 is 2.19 bits per heavy atom. The molecule has 114 valence electrons. The Balaban J connectivity index is 1.91. The first-order chi connectivity index (χ1) is 10.3. The molecule has 1 aliphatic rings. The molecular formula is C16H24N4S. The number of aryl methyl sites for hydroxylation is 3. The molecule has 5 heteroatoms. The minimum absolute atomic E-state index is 0.212. The van der Waals surface area contributed by atoms with Crippen LogP contribution in [0.1, 0.15) is 59.7 Å². The molecule has 2 heterocycles. The maximum absolute atomic E-state index is 4.23. The van der Waals surface area contributed by atoms with Crippen LogP contribution in [-0.4, -0.2) is 22.0 Å². The molecule has 0 amide bonds. The minimum Gasteiger partial charge on any atom is -0.307 e. The van der Waals surface area contributed by atoms with Crippen molar-refractivity contribution in [2.45, 2.75) is 58.0 Å². The number of hydrogen-bond acceptors (Lipinski definition) is 4. The normalized spacial score (nSPS) is 16.5. The van der Waals surface area contributed by atoms with Crippen LogP contribution >= 0.6 is 11.3 Å². The number of nitrogens with zero attached hydrogens (tertiary/aromatic N) is 3. The molecule has 2 aromatic heterocycles. The van der Waals surface area contributed by atoms with E-state index in [1.54, 1.807) is 10.4 Å². The van der Waals surface area contributed by atoms with Crippen LogP contribution in [0.5, 0.6) is 0 Å². The van der Waals surface area contributed by atoms with Gasteiger partial charge in [0.05, 0.1) is 17.9 Å². The highest BCUT2D eigenvalue weighted by molar-refractivity contribution is 7.12. The maximum atomic E-state index is 4.23. The van der Waals surface area contributed by atoms with Crippen LogP contribution in [0.2, 0.25) is 0 Å². The largest absolute Gasteiger partial charge is 0.307 e. The summed E-state index contributed by atoms with van der Waals surface area (Å²) < 4.78 is 2.03. The van der Waals surface area contributed by atoms with Gasteiger partial charge in [-0.25, -0.2) is 4.68 Å². The molecule has 0 spiro atoms. The van der Waals surface area contributed by atoms with Crippen LogP contribution in [0, 0.1) is 0 Å². The van der Waals surface area contributed by atoms with Gasteiger partial charge in [0.1, 0.15) is 0 Å². The van der Waals surface area contributed by atoms with E-state index in [0.717, 1.165) is 13.0 Å². The van der Waals surface area contributed by atoms with Crippen molar-refractivity contribution in [3.63, 3.8) is 0 Å². The fourth-order valence-corrected chi connectivity index (χ4v) is 4.52. The monoisotopic (exact) mass is 304 g/mol. The third-order valence-corrected chi connectivity index (χ3v) is 5.52. The summed E-state index contributed by atoms with van der Waals surface area (Å²) in [7, 11) is 2.03. The first-order valence-corrected chi connectivity index (χ1v) is 8.82. The highest BCUT2D eigenvalue weighted by atomic mass is 32.1. The van der Waals surface area contributed by atoms with E-state index in [-0.39, 0.29) is 6.04 Å². The summed E-state index contributed by atoms with van der Waals surface area (Å²) in [6.45, 7) is 3.10. The number of hydrogen-bond donors (Lipinski definition) is 1. The summed E-state index contributed by atoms with van der Waals surface area (Å²) in [5, 5.41) is 11.8. The standard InChI is InChI=1S/C16H24N4S/c1-3-9-20-13(11-18-19-20)16(17-2)15-10-12-7-5-4-6-8-14(12)21-15/h10-11,16-17H,3-9H2,1-2H3. The second-order valence-corrected chi connectivity index (χ2v) is 6.93. The summed E-state index contributed by atoms with van der Waals surface area (Å²) in [5.41, 5.74) is 2.75. The van der Waals surface area contributed by atoms with E-state index in [9.17, 15) is 0 Å². The molecule has 2 aromatic rings. The molecule has 4 nitrogen and oxygen atoms in total. The molecule has 0 aliphatic heterocycles. The summed E-state index contributed by atoms with van der Waals surface area (Å²) in [6, 6.07) is 2.62. The number of rotatable bonds is 5. The van der Waals surface area contributed by atoms with Gasteiger partial charge in [-0.15, -0.1) is 16.4 Å². The van der Waals surface area contributed by atoms with Gasteiger partial charge in [0.2, 0.25) is 0 Å². The second-order valence-electron chi connectivity index (χ2n) is 5.76. The van der Waals surface area contributed by atoms with Crippen molar-refractivity contribution in [2.75, 3.05) is 7.05 Å². The molecule has 1 aliphatic carbocycles. The van der Waals surface area contributed by atoms with E-state index in [1.165, 1.54) is 42.7 Å². The molecule has 1 unspecified atom stereocenters. The molecular weight excluding hydrogens is 280 g/mol. The smallest absolute Gasteiger partial charge is 0.0856 e. The fraction of sp³-hybridized carbons (Fsp3) is 0.625. The van der Waals surface area contributed by atoms with Crippen LogP contribution in [0.15, 0.2) is 12.3 Å². The van der Waals surface area contributed by atoms with E-state index >= 15 is 0 Å². The van der Waals surface area contributed by atoms with Crippen molar-refractivity contribution in [3.8, 4) is 0 Å². The van der Waals surface area contributed by atoms with Crippen molar-refractivity contribution in [3.05, 3.63) is 33.3 Å². The molecule has 1 atom stereocenters. The van der Waals surface area contributed by atoms with Crippen LogP contribution in [-0.2, 0) is 19.4 Å². The molecule has 3 rings (SSSR count). The number of aromatic nitrogens is 3. The lowest BCUT2D eigenvalue weighted by Gasteiger charge is -2.15. The zero-order valence-electron chi connectivity index (χ0n) is 12.9. The van der Waals surface area contributed by atoms with Gasteiger partial charge in [0.25, 0.3) is 0 Å². The van der Waals surface area contributed by atoms with E-state index < -0.39 is 0 Å². The first kappa shape index (κ1) is 14.7. The van der Waals surface area contributed by atoms with Gasteiger partial charge in [-0.1, -0.05) is 18.6 Å². The van der Waals surface area contributed by atoms with Gasteiger partial charge in [-0.3, -0.25) is 0 Å². The Kier molecular flexibility index (Phi) is 4.70. The summed E-state index contributed by atoms with van der Waals surface area (Å²) in [5.74, 6) is 0. The number of thiophene rings is 1. The Morgan fingerprint density at radius 3 is 3.00 bits per heavy atom. The fourth-order valence-electron chi connectivity index (χ4n) is 3.14. The minimum atomic E-state index is 0.212. The number of nitrogens with one attached hydrogen (secondary N) is 1. The maximum Gasteiger partial charge on any atom is 0.0856 e. The van der Waals surface area contributed by atoms with E-state index in [2.05, 4.69) is 28.6 Å². The molecule has 0 radical (unpaired) electrons. The van der Waals surface area contributed by atoms with E-state index in [1.807, 2.05) is 29.3 Å². The summed E-state index contributed by atoms with van der Waals surface area (Å²) in [4.78, 5) is 3.00. The Bertz CT molecular complexity index is 563. The lowest BCUT2D eigenvalue weighted by Crippen LogP contribution is -2.20. The molecule has 21 heavy (non-hydrogen) atoms. The molecule has 0 aromatic carbocycles. The second kappa shape index (κ2) is 6.71. The predicted octanol–water partition coefficient (Wildman–Crippen LogP) is 3.33. The topological polar surface area (TPSA) is 42.7 Å². The molecule has 0 fully saturated rings. The van der Waals surface area contributed by atoms with Gasteiger partial charge < -0.3 is 5.32 Å². The van der Waals surface area contributed by atoms with Gasteiger partial charge >= 0.3 is 0 Å². The van der Waals surface area contributed by atoms with E-state index in [0.29, 0.717) is 0 Å². The summed E-state index contributed by atoms with van der Waals surface area (Å²) >= 11 is 1.97. The third kappa shape index (κ3) is 3.04. The zero-order valence-corrected chi connectivity index (χ0v) is 13.7. The molecule has 0 saturated carbocycles. The van der Waals surface area contributed by atoms with Crippen molar-refractivity contribution in [2.24, 2.45) is 0 Å². The average molecular weight is 304 g/mol. The first-order valence-electron chi connectivity index (χ1n) is 8.00. The zero-order chi connectivity index (χ0) is 14.7. The Morgan fingerprint density at radius 1 is 1.33 bits per heavy atom. The molecule has 0 bridgehead atoms. The quantitative estimate of drug-likeness (QED) is 0.862. The van der Waals surface area contributed by atoms with Gasteiger partial charge in [-0.05, 0) is 50.8 Å². The third-order valence-electron chi connectivity index (χ3n) is 4.22. The average Bonchev–Trinajstić information content (AvgIpc) is 3.03. The summed E-state index contributed by atoms with van der Waals surface area (Å²) in [6.07, 6.45) is 9.53. The van der Waals surface area contributed by atoms with Crippen LogP contribution in [0.4, 0.5) is 0 Å². The van der Waals surface area contributed by atoms with Crippen molar-refractivity contribution >= 4 is 11.3 Å². The van der Waals surface area contributed by atoms with Crippen molar-refractivity contribution < 1.29 is 0 Å². The highest BCUT2D eigenvalue weighted by Crippen LogP contribution is 2.34. The number of fused-ring (bicyclic) bond motifs is 1. The lowest BCUT2D eigenvalue weighted by molar-refractivity contribution is 0.525. The Hall–Kier alpha value is -1.20. The van der Waals surface area contributed by atoms with Crippen molar-refractivity contribution in [1.29, 1.82) is 0 Å². The lowest BCUT2D eigenvalue weighted by atomic mass is 10.1. The van der Waals surface area contributed by atoms with Gasteiger partial charge in [-0.2, -0.15) is 0 Å². The van der Waals surface area contributed by atoms with Gasteiger partial charge in [0.15, 0.2) is 0 Å². The van der Waals surface area contributed by atoms with Crippen LogP contribution < -0.4 is 5.32 Å². The SMILES string of the molecule is CCCn1nncc1C(NC)c1cc2c(s1)CCCCC2. The predicted molar refractivity (Wildman–Crippen MR) is 86.8 cm³/mol. The molecule has 1 N–H and O–H groups in total. The van der Waals surface area contributed by atoms with Crippen LogP contribution in [0.3, 0.4) is 0 Å². The van der Waals surface area contributed by atoms with E-state index in [4.69, 9.17) is 0 Å². The van der Waals surface area contributed by atoms with Crippen LogP contribution in [0.25, 0.3) is 0 Å². The van der Waals surface area contributed by atoms with Crippen molar-refractivity contribution in [1.82, 2.24) is 20.3 Å².